The molecule has 8 heteroatoms. The van der Waals surface area contributed by atoms with Crippen molar-refractivity contribution in [3.05, 3.63) is 36.2 Å². The summed E-state index contributed by atoms with van der Waals surface area (Å²) in [4.78, 5) is 32.0. The number of hydroxylamine groups is 1. The molecule has 2 rings (SSSR count). The highest BCUT2D eigenvalue weighted by Gasteiger charge is 2.20. The highest BCUT2D eigenvalue weighted by molar-refractivity contribution is 5.78. The Morgan fingerprint density at radius 3 is 3.00 bits per heavy atom. The van der Waals surface area contributed by atoms with Crippen LogP contribution in [0.25, 0.3) is 0 Å². The maximum absolute atomic E-state index is 11.9. The van der Waals surface area contributed by atoms with Crippen molar-refractivity contribution >= 4 is 17.7 Å². The fourth-order valence-corrected chi connectivity index (χ4v) is 2.47. The monoisotopic (exact) mass is 348 g/mol. The van der Waals surface area contributed by atoms with E-state index in [1.54, 1.807) is 13.1 Å². The van der Waals surface area contributed by atoms with Crippen molar-refractivity contribution in [2.75, 3.05) is 11.9 Å². The quantitative estimate of drug-likeness (QED) is 0.473. The van der Waals surface area contributed by atoms with Crippen LogP contribution in [0.4, 0.5) is 5.82 Å². The molecule has 1 amide bonds. The normalized spacial score (nSPS) is 17.3. The molecule has 4 N–H and O–H groups in total. The van der Waals surface area contributed by atoms with E-state index in [-0.39, 0.29) is 24.9 Å². The second-order valence-corrected chi connectivity index (χ2v) is 5.97. The fourth-order valence-electron chi connectivity index (χ4n) is 2.47. The number of hydrogen-bond acceptors (Lipinski definition) is 6. The Morgan fingerprint density at radius 2 is 2.28 bits per heavy atom. The summed E-state index contributed by atoms with van der Waals surface area (Å²) in [5.41, 5.74) is 3.78. The summed E-state index contributed by atoms with van der Waals surface area (Å²) in [5.74, 6) is -0.319. The average Bonchev–Trinajstić information content (AvgIpc) is 2.99. The van der Waals surface area contributed by atoms with Gasteiger partial charge < -0.3 is 15.7 Å². The Labute approximate surface area is 146 Å². The number of carboxylic acid groups (broad SMARTS) is 1. The van der Waals surface area contributed by atoms with Crippen LogP contribution in [0, 0.1) is 0 Å². The molecular weight excluding hydrogens is 324 g/mol. The van der Waals surface area contributed by atoms with Gasteiger partial charge in [-0.2, -0.15) is 0 Å². The number of rotatable bonds is 10. The molecule has 0 radical (unpaired) electrons. The molecule has 2 atom stereocenters. The first-order valence-electron chi connectivity index (χ1n) is 8.31. The van der Waals surface area contributed by atoms with E-state index in [0.717, 1.165) is 30.9 Å². The molecule has 0 saturated heterocycles. The Kier molecular flexibility index (Phi) is 7.21. The molecule has 1 aliphatic heterocycles. The second-order valence-electron chi connectivity index (χ2n) is 5.97. The number of carbonyl (C=O) groups excluding carboxylic acids is 1. The first kappa shape index (κ1) is 18.7. The number of allylic oxidation sites excluding steroid dienone is 1. The van der Waals surface area contributed by atoms with Gasteiger partial charge in [0.1, 0.15) is 11.9 Å². The van der Waals surface area contributed by atoms with Gasteiger partial charge in [-0.05, 0) is 38.0 Å². The Hall–Kier alpha value is -2.61. The summed E-state index contributed by atoms with van der Waals surface area (Å²) < 4.78 is 0. The van der Waals surface area contributed by atoms with E-state index in [9.17, 15) is 9.59 Å². The van der Waals surface area contributed by atoms with Gasteiger partial charge in [0.2, 0.25) is 5.91 Å². The Morgan fingerprint density at radius 1 is 1.44 bits per heavy atom. The second kappa shape index (κ2) is 9.63. The molecule has 0 fully saturated rings. The van der Waals surface area contributed by atoms with Crippen LogP contribution < -0.4 is 16.1 Å². The molecule has 136 valence electrons. The van der Waals surface area contributed by atoms with Crippen LogP contribution in [0.15, 0.2) is 36.2 Å². The number of carboxylic acids is 1. The number of carbonyl (C=O) groups is 2. The molecule has 0 unspecified atom stereocenters. The Balaban J connectivity index is 1.64. The van der Waals surface area contributed by atoms with Crippen LogP contribution >= 0.6 is 0 Å². The third-order valence-corrected chi connectivity index (χ3v) is 3.60. The Bertz CT molecular complexity index is 606. The van der Waals surface area contributed by atoms with E-state index in [4.69, 9.17) is 9.94 Å². The zero-order valence-electron chi connectivity index (χ0n) is 14.2. The first-order chi connectivity index (χ1) is 12.0. The number of amides is 1. The van der Waals surface area contributed by atoms with Crippen molar-refractivity contribution in [3.63, 3.8) is 0 Å². The van der Waals surface area contributed by atoms with Gasteiger partial charge in [0, 0.05) is 24.5 Å². The molecular formula is C17H24N4O4. The third-order valence-electron chi connectivity index (χ3n) is 3.60. The van der Waals surface area contributed by atoms with E-state index in [1.165, 1.54) is 0 Å². The minimum Gasteiger partial charge on any atom is -0.481 e. The van der Waals surface area contributed by atoms with Crippen molar-refractivity contribution in [2.45, 2.75) is 44.8 Å². The third kappa shape index (κ3) is 7.21. The van der Waals surface area contributed by atoms with Crippen LogP contribution in [0.1, 0.15) is 32.6 Å². The molecule has 25 heavy (non-hydrogen) atoms. The predicted molar refractivity (Wildman–Crippen MR) is 92.5 cm³/mol. The number of hydrogen-bond donors (Lipinski definition) is 4. The first-order valence-corrected chi connectivity index (χ1v) is 8.31. The summed E-state index contributed by atoms with van der Waals surface area (Å²) in [6.45, 7) is 2.45. The molecule has 1 aliphatic rings. The van der Waals surface area contributed by atoms with Gasteiger partial charge in [0.15, 0.2) is 0 Å². The van der Waals surface area contributed by atoms with Gasteiger partial charge in [-0.3, -0.25) is 19.9 Å². The predicted octanol–water partition coefficient (Wildman–Crippen LogP) is 1.43. The van der Waals surface area contributed by atoms with Crippen LogP contribution in [0.3, 0.4) is 0 Å². The van der Waals surface area contributed by atoms with Gasteiger partial charge in [-0.1, -0.05) is 6.07 Å². The zero-order valence-corrected chi connectivity index (χ0v) is 14.2. The lowest BCUT2D eigenvalue weighted by Crippen LogP contribution is -2.36. The standard InChI is InChI=1S/C17H24N4O4/c1-12(9-17(23)24)20-16(22)11-14-10-13(21-25-14)5-4-8-19-15-6-2-3-7-18-15/h2-3,6-7,10,12,14,21H,4-5,8-9,11H2,1H3,(H,18,19)(H,20,22)(H,23,24)/t12-,14+/m0/s1. The highest BCUT2D eigenvalue weighted by Crippen LogP contribution is 2.14. The summed E-state index contributed by atoms with van der Waals surface area (Å²) in [6, 6.07) is 5.31. The molecule has 8 nitrogen and oxygen atoms in total. The summed E-state index contributed by atoms with van der Waals surface area (Å²) >= 11 is 0. The van der Waals surface area contributed by atoms with E-state index in [2.05, 4.69) is 21.1 Å². The van der Waals surface area contributed by atoms with Crippen LogP contribution in [0.5, 0.6) is 0 Å². The molecule has 0 saturated carbocycles. The topological polar surface area (TPSA) is 113 Å². The average molecular weight is 348 g/mol. The molecule has 0 aromatic carbocycles. The molecule has 1 aromatic heterocycles. The number of aromatic nitrogens is 1. The number of aliphatic carboxylic acids is 1. The maximum atomic E-state index is 11.9. The van der Waals surface area contributed by atoms with Gasteiger partial charge >= 0.3 is 5.97 Å². The van der Waals surface area contributed by atoms with Crippen molar-refractivity contribution < 1.29 is 19.5 Å². The van der Waals surface area contributed by atoms with Crippen LogP contribution in [-0.2, 0) is 14.4 Å². The minimum absolute atomic E-state index is 0.0973. The summed E-state index contributed by atoms with van der Waals surface area (Å²) in [6.07, 6.45) is 5.05. The lowest BCUT2D eigenvalue weighted by Gasteiger charge is -2.13. The zero-order chi connectivity index (χ0) is 18.1. The largest absolute Gasteiger partial charge is 0.481 e. The maximum Gasteiger partial charge on any atom is 0.305 e. The minimum atomic E-state index is -0.937. The van der Waals surface area contributed by atoms with Gasteiger partial charge in [0.05, 0.1) is 12.8 Å². The van der Waals surface area contributed by atoms with Crippen molar-refractivity contribution in [3.8, 4) is 0 Å². The number of pyridine rings is 1. The lowest BCUT2D eigenvalue weighted by atomic mass is 10.1. The number of anilines is 1. The summed E-state index contributed by atoms with van der Waals surface area (Å²) in [5, 5.41) is 14.6. The smallest absolute Gasteiger partial charge is 0.305 e. The highest BCUT2D eigenvalue weighted by atomic mass is 16.7. The van der Waals surface area contributed by atoms with Gasteiger partial charge in [-0.25, -0.2) is 4.98 Å². The number of nitrogens with one attached hydrogen (secondary N) is 3. The lowest BCUT2D eigenvalue weighted by molar-refractivity contribution is -0.137. The van der Waals surface area contributed by atoms with Crippen molar-refractivity contribution in [1.82, 2.24) is 15.8 Å². The van der Waals surface area contributed by atoms with Gasteiger partial charge in [-0.15, -0.1) is 0 Å². The van der Waals surface area contributed by atoms with E-state index in [1.807, 2.05) is 24.3 Å². The van der Waals surface area contributed by atoms with Gasteiger partial charge in [0.25, 0.3) is 0 Å². The van der Waals surface area contributed by atoms with Crippen LogP contribution in [0.2, 0.25) is 0 Å². The molecule has 0 aliphatic carbocycles. The van der Waals surface area contributed by atoms with Crippen molar-refractivity contribution in [1.29, 1.82) is 0 Å². The molecule has 0 spiro atoms. The summed E-state index contributed by atoms with van der Waals surface area (Å²) in [7, 11) is 0. The van der Waals surface area contributed by atoms with E-state index < -0.39 is 12.0 Å². The van der Waals surface area contributed by atoms with Crippen LogP contribution in [-0.4, -0.2) is 40.7 Å². The molecule has 0 bridgehead atoms. The number of nitrogens with zero attached hydrogens (tertiary/aromatic N) is 1. The van der Waals surface area contributed by atoms with E-state index >= 15 is 0 Å². The molecule has 2 heterocycles. The van der Waals surface area contributed by atoms with E-state index in [0.29, 0.717) is 0 Å². The fraction of sp³-hybridized carbons (Fsp3) is 0.471. The van der Waals surface area contributed by atoms with Crippen molar-refractivity contribution in [2.24, 2.45) is 0 Å². The SMILES string of the molecule is C[C@@H](CC(=O)O)NC(=O)C[C@H]1C=C(CCCNc2ccccn2)NO1. The molecule has 1 aromatic rings.